The Morgan fingerprint density at radius 1 is 1.16 bits per heavy atom. The molecule has 2 saturated heterocycles. The highest BCUT2D eigenvalue weighted by Gasteiger charge is 2.31. The van der Waals surface area contributed by atoms with Gasteiger partial charge in [0.05, 0.1) is 38.5 Å². The summed E-state index contributed by atoms with van der Waals surface area (Å²) in [5, 5.41) is 18.0. The maximum absolute atomic E-state index is 13.0. The van der Waals surface area contributed by atoms with Crippen LogP contribution in [-0.4, -0.2) is 86.2 Å². The summed E-state index contributed by atoms with van der Waals surface area (Å²) in [4.78, 5) is 26.3. The van der Waals surface area contributed by atoms with Crippen molar-refractivity contribution in [3.8, 4) is 0 Å². The number of benzene rings is 1. The van der Waals surface area contributed by atoms with Crippen LogP contribution < -0.4 is 16.0 Å². The van der Waals surface area contributed by atoms with Gasteiger partial charge in [-0.1, -0.05) is 0 Å². The highest BCUT2D eigenvalue weighted by Crippen LogP contribution is 2.22. The lowest BCUT2D eigenvalue weighted by molar-refractivity contribution is -0.123. The van der Waals surface area contributed by atoms with Crippen molar-refractivity contribution in [2.45, 2.75) is 37.5 Å². The number of carbonyl (C=O) groups is 2. The predicted octanol–water partition coefficient (Wildman–Crippen LogP) is 0.694. The molecule has 2 fully saturated rings. The first-order valence-corrected chi connectivity index (χ1v) is 10.7. The molecule has 2 aliphatic rings. The van der Waals surface area contributed by atoms with E-state index in [0.717, 1.165) is 13.1 Å². The van der Waals surface area contributed by atoms with Crippen molar-refractivity contribution in [3.63, 3.8) is 0 Å². The zero-order chi connectivity index (χ0) is 22.1. The lowest BCUT2D eigenvalue weighted by Crippen LogP contribution is -2.52. The summed E-state index contributed by atoms with van der Waals surface area (Å²) in [6, 6.07) is 4.70. The molecule has 0 aliphatic carbocycles. The zero-order valence-corrected chi connectivity index (χ0v) is 17.5. The molecule has 3 amide bonds. The van der Waals surface area contributed by atoms with E-state index in [1.165, 1.54) is 24.3 Å². The van der Waals surface area contributed by atoms with Crippen molar-refractivity contribution in [2.24, 2.45) is 0 Å². The number of aliphatic hydroxyl groups excluding tert-OH is 1. The van der Waals surface area contributed by atoms with Gasteiger partial charge in [0.15, 0.2) is 0 Å². The Morgan fingerprint density at radius 2 is 1.90 bits per heavy atom. The minimum absolute atomic E-state index is 0.0200. The summed E-state index contributed by atoms with van der Waals surface area (Å²) in [6.45, 7) is 3.48. The highest BCUT2D eigenvalue weighted by molar-refractivity contribution is 5.89. The van der Waals surface area contributed by atoms with Gasteiger partial charge in [-0.3, -0.25) is 9.69 Å². The molecule has 0 unspecified atom stereocenters. The number of urea groups is 1. The molecule has 0 saturated carbocycles. The van der Waals surface area contributed by atoms with E-state index in [-0.39, 0.29) is 30.5 Å². The summed E-state index contributed by atoms with van der Waals surface area (Å²) >= 11 is 0. The van der Waals surface area contributed by atoms with E-state index in [1.807, 2.05) is 0 Å². The maximum Gasteiger partial charge on any atom is 0.319 e. The molecular weight excluding hydrogens is 407 g/mol. The molecule has 0 radical (unpaired) electrons. The van der Waals surface area contributed by atoms with E-state index in [2.05, 4.69) is 20.9 Å². The van der Waals surface area contributed by atoms with Gasteiger partial charge in [-0.25, -0.2) is 9.18 Å². The number of ether oxygens (including phenoxy) is 2. The SMILES string of the molecule is O=C(CN1CCOCC1)NCC[C@@H]1CC[C@@H](NC(=O)Nc2ccc(F)cc2)[C@@H](CO)O1. The van der Waals surface area contributed by atoms with Crippen LogP contribution in [0.5, 0.6) is 0 Å². The molecule has 31 heavy (non-hydrogen) atoms. The molecule has 3 rings (SSSR count). The van der Waals surface area contributed by atoms with Crippen LogP contribution in [0.15, 0.2) is 24.3 Å². The van der Waals surface area contributed by atoms with Gasteiger partial charge in [0.1, 0.15) is 11.9 Å². The van der Waals surface area contributed by atoms with E-state index < -0.39 is 12.1 Å². The summed E-state index contributed by atoms with van der Waals surface area (Å²) in [5.74, 6) is -0.399. The van der Waals surface area contributed by atoms with E-state index in [1.54, 1.807) is 0 Å². The largest absolute Gasteiger partial charge is 0.394 e. The fraction of sp³-hybridized carbons (Fsp3) is 0.619. The van der Waals surface area contributed by atoms with Crippen LogP contribution >= 0.6 is 0 Å². The van der Waals surface area contributed by atoms with Crippen molar-refractivity contribution >= 4 is 17.6 Å². The van der Waals surface area contributed by atoms with Crippen LogP contribution in [0.2, 0.25) is 0 Å². The van der Waals surface area contributed by atoms with Crippen molar-refractivity contribution in [1.29, 1.82) is 0 Å². The van der Waals surface area contributed by atoms with Crippen molar-refractivity contribution < 1.29 is 28.6 Å². The van der Waals surface area contributed by atoms with Crippen LogP contribution in [0.1, 0.15) is 19.3 Å². The third-order valence-electron chi connectivity index (χ3n) is 5.47. The van der Waals surface area contributed by atoms with Gasteiger partial charge >= 0.3 is 6.03 Å². The molecule has 0 bridgehead atoms. The Hall–Kier alpha value is -2.27. The number of morpholine rings is 1. The van der Waals surface area contributed by atoms with Gasteiger partial charge < -0.3 is 30.5 Å². The highest BCUT2D eigenvalue weighted by atomic mass is 19.1. The number of hydrogen-bond donors (Lipinski definition) is 4. The fourth-order valence-electron chi connectivity index (χ4n) is 3.77. The molecule has 1 aromatic rings. The average Bonchev–Trinajstić information content (AvgIpc) is 2.77. The molecule has 10 heteroatoms. The van der Waals surface area contributed by atoms with Gasteiger partial charge in [0.2, 0.25) is 5.91 Å². The van der Waals surface area contributed by atoms with Gasteiger partial charge in [-0.15, -0.1) is 0 Å². The van der Waals surface area contributed by atoms with E-state index in [9.17, 15) is 19.1 Å². The number of hydrogen-bond acceptors (Lipinski definition) is 6. The molecule has 3 atom stereocenters. The van der Waals surface area contributed by atoms with Gasteiger partial charge in [-0.05, 0) is 43.5 Å². The third kappa shape index (κ3) is 7.73. The number of nitrogens with one attached hydrogen (secondary N) is 3. The molecule has 2 heterocycles. The Kier molecular flexibility index (Phi) is 9.01. The molecule has 172 valence electrons. The van der Waals surface area contributed by atoms with E-state index >= 15 is 0 Å². The number of carbonyl (C=O) groups excluding carboxylic acids is 2. The molecule has 0 aromatic heterocycles. The molecule has 9 nitrogen and oxygen atoms in total. The first-order chi connectivity index (χ1) is 15.0. The number of aliphatic hydroxyl groups is 1. The van der Waals surface area contributed by atoms with Gasteiger partial charge in [0, 0.05) is 25.3 Å². The van der Waals surface area contributed by atoms with E-state index in [4.69, 9.17) is 9.47 Å². The molecular formula is C21H31FN4O5. The molecule has 1 aromatic carbocycles. The Morgan fingerprint density at radius 3 is 2.61 bits per heavy atom. The number of halogens is 1. The summed E-state index contributed by atoms with van der Waals surface area (Å²) in [7, 11) is 0. The number of anilines is 1. The van der Waals surface area contributed by atoms with Crippen LogP contribution in [0.3, 0.4) is 0 Å². The molecule has 2 aliphatic heterocycles. The number of nitrogens with zero attached hydrogens (tertiary/aromatic N) is 1. The normalized spacial score (nSPS) is 24.4. The quantitative estimate of drug-likeness (QED) is 0.475. The predicted molar refractivity (Wildman–Crippen MR) is 112 cm³/mol. The van der Waals surface area contributed by atoms with Crippen molar-refractivity contribution in [3.05, 3.63) is 30.1 Å². The second kappa shape index (κ2) is 11.9. The van der Waals surface area contributed by atoms with Gasteiger partial charge in [0.25, 0.3) is 0 Å². The average molecular weight is 439 g/mol. The van der Waals surface area contributed by atoms with Crippen LogP contribution in [0.25, 0.3) is 0 Å². The second-order valence-electron chi connectivity index (χ2n) is 7.80. The van der Waals surface area contributed by atoms with E-state index in [0.29, 0.717) is 51.3 Å². The first-order valence-electron chi connectivity index (χ1n) is 10.7. The summed E-state index contributed by atoms with van der Waals surface area (Å²) in [6.07, 6.45) is 1.37. The Labute approximate surface area is 181 Å². The lowest BCUT2D eigenvalue weighted by Gasteiger charge is -2.36. The second-order valence-corrected chi connectivity index (χ2v) is 7.80. The van der Waals surface area contributed by atoms with Crippen LogP contribution in [0, 0.1) is 5.82 Å². The Bertz CT molecular complexity index is 714. The van der Waals surface area contributed by atoms with Crippen molar-refractivity contribution in [2.75, 3.05) is 51.3 Å². The fourth-order valence-corrected chi connectivity index (χ4v) is 3.77. The standard InChI is InChI=1S/C21H31FN4O5/c22-15-1-3-16(4-2-15)24-21(29)25-18-6-5-17(31-19(18)14-27)7-8-23-20(28)13-26-9-11-30-12-10-26/h1-4,17-19,27H,5-14H2,(H,23,28)(H2,24,25,29)/t17-,18+,19+/m0/s1. The molecule has 0 spiro atoms. The summed E-state index contributed by atoms with van der Waals surface area (Å²) in [5.41, 5.74) is 0.474. The maximum atomic E-state index is 13.0. The zero-order valence-electron chi connectivity index (χ0n) is 17.5. The third-order valence-corrected chi connectivity index (χ3v) is 5.47. The van der Waals surface area contributed by atoms with Crippen LogP contribution in [0.4, 0.5) is 14.9 Å². The number of amides is 3. The number of rotatable bonds is 8. The summed E-state index contributed by atoms with van der Waals surface area (Å²) < 4.78 is 24.2. The van der Waals surface area contributed by atoms with Gasteiger partial charge in [-0.2, -0.15) is 0 Å². The minimum Gasteiger partial charge on any atom is -0.394 e. The first kappa shape index (κ1) is 23.4. The monoisotopic (exact) mass is 438 g/mol. The lowest BCUT2D eigenvalue weighted by atomic mass is 9.97. The van der Waals surface area contributed by atoms with Crippen molar-refractivity contribution in [1.82, 2.24) is 15.5 Å². The Balaban J connectivity index is 1.36. The van der Waals surface area contributed by atoms with Crippen LogP contribution in [-0.2, 0) is 14.3 Å². The minimum atomic E-state index is -0.526. The molecule has 4 N–H and O–H groups in total. The topological polar surface area (TPSA) is 112 Å². The smallest absolute Gasteiger partial charge is 0.319 e.